The van der Waals surface area contributed by atoms with Crippen LogP contribution in [0.15, 0.2) is 22.7 Å². The van der Waals surface area contributed by atoms with Crippen LogP contribution < -0.4 is 0 Å². The van der Waals surface area contributed by atoms with Gasteiger partial charge in [-0.1, -0.05) is 16.8 Å². The number of halogens is 1. The molecule has 21 heavy (non-hydrogen) atoms. The molecule has 1 aliphatic carbocycles. The predicted molar refractivity (Wildman–Crippen MR) is 79.0 cm³/mol. The van der Waals surface area contributed by atoms with E-state index in [2.05, 4.69) is 10.1 Å². The topological polar surface area (TPSA) is 59.2 Å². The van der Waals surface area contributed by atoms with Gasteiger partial charge in [0.25, 0.3) is 0 Å². The molecule has 2 aromatic rings. The van der Waals surface area contributed by atoms with E-state index in [-0.39, 0.29) is 17.7 Å². The van der Waals surface area contributed by atoms with Crippen LogP contribution >= 0.6 is 11.6 Å². The third-order valence-corrected chi connectivity index (χ3v) is 3.97. The molecule has 0 radical (unpaired) electrons. The van der Waals surface area contributed by atoms with Gasteiger partial charge in [-0.2, -0.15) is 4.98 Å². The number of nitrogens with zero attached hydrogens (tertiary/aromatic N) is 3. The molecule has 1 fully saturated rings. The van der Waals surface area contributed by atoms with Crippen LogP contribution in [0.25, 0.3) is 11.4 Å². The lowest BCUT2D eigenvalue weighted by atomic mass is 10.1. The van der Waals surface area contributed by atoms with E-state index >= 15 is 0 Å². The van der Waals surface area contributed by atoms with Gasteiger partial charge in [0, 0.05) is 24.7 Å². The van der Waals surface area contributed by atoms with Crippen molar-refractivity contribution in [2.45, 2.75) is 19.3 Å². The van der Waals surface area contributed by atoms with E-state index in [1.165, 1.54) is 0 Å². The van der Waals surface area contributed by atoms with Crippen molar-refractivity contribution in [1.29, 1.82) is 0 Å². The van der Waals surface area contributed by atoms with Gasteiger partial charge in [-0.3, -0.25) is 4.79 Å². The first-order chi connectivity index (χ1) is 9.97. The maximum Gasteiger partial charge on any atom is 0.230 e. The number of rotatable bonds is 3. The molecule has 0 saturated heterocycles. The van der Waals surface area contributed by atoms with Crippen molar-refractivity contribution in [3.63, 3.8) is 0 Å². The van der Waals surface area contributed by atoms with Crippen LogP contribution in [0.3, 0.4) is 0 Å². The van der Waals surface area contributed by atoms with E-state index in [4.69, 9.17) is 16.1 Å². The summed E-state index contributed by atoms with van der Waals surface area (Å²) >= 11 is 5.95. The van der Waals surface area contributed by atoms with Crippen LogP contribution in [-0.2, 0) is 4.79 Å². The van der Waals surface area contributed by atoms with Gasteiger partial charge >= 0.3 is 0 Å². The van der Waals surface area contributed by atoms with E-state index in [1.54, 1.807) is 25.1 Å². The highest BCUT2D eigenvalue weighted by atomic mass is 35.5. The highest BCUT2D eigenvalue weighted by Crippen LogP contribution is 2.47. The Hall–Kier alpha value is -1.88. The predicted octanol–water partition coefficient (Wildman–Crippen LogP) is 2.89. The summed E-state index contributed by atoms with van der Waals surface area (Å²) in [6.07, 6.45) is 0.776. The molecule has 1 aliphatic rings. The molecule has 1 heterocycles. The molecule has 110 valence electrons. The van der Waals surface area contributed by atoms with E-state index in [0.29, 0.717) is 16.7 Å². The second-order valence-electron chi connectivity index (χ2n) is 5.60. The molecule has 1 aromatic heterocycles. The monoisotopic (exact) mass is 305 g/mol. The van der Waals surface area contributed by atoms with E-state index in [0.717, 1.165) is 17.5 Å². The first kappa shape index (κ1) is 14.1. The largest absolute Gasteiger partial charge is 0.349 e. The molecule has 0 bridgehead atoms. The number of hydrogen-bond donors (Lipinski definition) is 0. The fourth-order valence-corrected chi connectivity index (χ4v) is 2.67. The Morgan fingerprint density at radius 3 is 2.86 bits per heavy atom. The number of carbonyl (C=O) groups is 1. The van der Waals surface area contributed by atoms with Gasteiger partial charge in [-0.25, -0.2) is 0 Å². The smallest absolute Gasteiger partial charge is 0.230 e. The summed E-state index contributed by atoms with van der Waals surface area (Å²) in [5, 5.41) is 4.70. The number of amides is 1. The SMILES string of the molecule is Cc1cc(Cl)ccc1-c1noc([C@H]2C[C@H]2C(=O)N(C)C)n1. The van der Waals surface area contributed by atoms with Crippen molar-refractivity contribution in [1.82, 2.24) is 15.0 Å². The lowest BCUT2D eigenvalue weighted by molar-refractivity contribution is -0.130. The molecule has 6 heteroatoms. The zero-order chi connectivity index (χ0) is 15.1. The summed E-state index contributed by atoms with van der Waals surface area (Å²) in [6.45, 7) is 1.95. The van der Waals surface area contributed by atoms with Gasteiger partial charge in [-0.15, -0.1) is 0 Å². The van der Waals surface area contributed by atoms with Crippen LogP contribution in [0.1, 0.15) is 23.8 Å². The molecular formula is C15H16ClN3O2. The maximum atomic E-state index is 11.9. The molecule has 5 nitrogen and oxygen atoms in total. The Bertz CT molecular complexity index is 696. The zero-order valence-electron chi connectivity index (χ0n) is 12.1. The minimum atomic E-state index is -0.0281. The van der Waals surface area contributed by atoms with Crippen LogP contribution in [0.4, 0.5) is 0 Å². The minimum absolute atomic E-state index is 0.0281. The second-order valence-corrected chi connectivity index (χ2v) is 6.03. The van der Waals surface area contributed by atoms with Gasteiger partial charge in [0.2, 0.25) is 17.6 Å². The molecule has 0 unspecified atom stereocenters. The molecule has 1 aromatic carbocycles. The summed E-state index contributed by atoms with van der Waals surface area (Å²) in [5.74, 6) is 1.22. The van der Waals surface area contributed by atoms with Crippen molar-refractivity contribution < 1.29 is 9.32 Å². The zero-order valence-corrected chi connectivity index (χ0v) is 12.9. The van der Waals surface area contributed by atoms with Crippen LogP contribution in [0.2, 0.25) is 5.02 Å². The summed E-state index contributed by atoms with van der Waals surface area (Å²) in [7, 11) is 3.52. The first-order valence-electron chi connectivity index (χ1n) is 6.78. The van der Waals surface area contributed by atoms with Gasteiger partial charge < -0.3 is 9.42 Å². The summed E-state index contributed by atoms with van der Waals surface area (Å²) < 4.78 is 5.32. The van der Waals surface area contributed by atoms with Crippen molar-refractivity contribution in [2.75, 3.05) is 14.1 Å². The fraction of sp³-hybridized carbons (Fsp3) is 0.400. The van der Waals surface area contributed by atoms with Crippen LogP contribution in [-0.4, -0.2) is 35.0 Å². The summed E-state index contributed by atoms with van der Waals surface area (Å²) in [4.78, 5) is 17.9. The molecular weight excluding hydrogens is 290 g/mol. The van der Waals surface area contributed by atoms with Gasteiger partial charge in [-0.05, 0) is 37.1 Å². The number of carbonyl (C=O) groups excluding carboxylic acids is 1. The molecule has 0 spiro atoms. The number of aryl methyl sites for hydroxylation is 1. The summed E-state index contributed by atoms with van der Waals surface area (Å²) in [6, 6.07) is 5.54. The number of aromatic nitrogens is 2. The molecule has 3 rings (SSSR count). The van der Waals surface area contributed by atoms with Crippen LogP contribution in [0.5, 0.6) is 0 Å². The third kappa shape index (κ3) is 2.65. The highest BCUT2D eigenvalue weighted by Gasteiger charge is 2.48. The molecule has 1 saturated carbocycles. The van der Waals surface area contributed by atoms with Gasteiger partial charge in [0.15, 0.2) is 0 Å². The fourth-order valence-electron chi connectivity index (χ4n) is 2.45. The number of hydrogen-bond acceptors (Lipinski definition) is 4. The normalized spacial score (nSPS) is 20.4. The van der Waals surface area contributed by atoms with Crippen molar-refractivity contribution in [3.8, 4) is 11.4 Å². The molecule has 1 amide bonds. The lowest BCUT2D eigenvalue weighted by Gasteiger charge is -2.08. The first-order valence-corrected chi connectivity index (χ1v) is 7.16. The van der Waals surface area contributed by atoms with Crippen molar-refractivity contribution >= 4 is 17.5 Å². The number of benzene rings is 1. The average molecular weight is 306 g/mol. The van der Waals surface area contributed by atoms with E-state index in [9.17, 15) is 4.79 Å². The maximum absolute atomic E-state index is 11.9. The average Bonchev–Trinajstić information content (AvgIpc) is 3.08. The second kappa shape index (κ2) is 5.15. The van der Waals surface area contributed by atoms with Crippen LogP contribution in [0, 0.1) is 12.8 Å². The Kier molecular flexibility index (Phi) is 3.45. The van der Waals surface area contributed by atoms with Crippen molar-refractivity contribution in [3.05, 3.63) is 34.7 Å². The highest BCUT2D eigenvalue weighted by molar-refractivity contribution is 6.30. The van der Waals surface area contributed by atoms with Crippen molar-refractivity contribution in [2.24, 2.45) is 5.92 Å². The molecule has 2 atom stereocenters. The minimum Gasteiger partial charge on any atom is -0.349 e. The molecule has 0 N–H and O–H groups in total. The quantitative estimate of drug-likeness (QED) is 0.875. The summed E-state index contributed by atoms with van der Waals surface area (Å²) in [5.41, 5.74) is 1.89. The third-order valence-electron chi connectivity index (χ3n) is 3.74. The van der Waals surface area contributed by atoms with Gasteiger partial charge in [0.1, 0.15) is 0 Å². The van der Waals surface area contributed by atoms with E-state index in [1.807, 2.05) is 19.1 Å². The Morgan fingerprint density at radius 2 is 2.19 bits per heavy atom. The molecule has 0 aliphatic heterocycles. The Morgan fingerprint density at radius 1 is 1.43 bits per heavy atom. The lowest BCUT2D eigenvalue weighted by Crippen LogP contribution is -2.23. The standard InChI is InChI=1S/C15H16ClN3O2/c1-8-6-9(16)4-5-10(8)13-17-14(21-18-13)11-7-12(11)15(20)19(2)3/h4-6,11-12H,7H2,1-3H3/t11-,12+/m0/s1. The Balaban J connectivity index is 1.80. The Labute approximate surface area is 127 Å². The van der Waals surface area contributed by atoms with Gasteiger partial charge in [0.05, 0.1) is 11.8 Å². The van der Waals surface area contributed by atoms with E-state index < -0.39 is 0 Å².